The SMILES string of the molecule is Cc1cc(-c2c(O)cccc2O)c(C)cc1O. The van der Waals surface area contributed by atoms with Crippen molar-refractivity contribution in [3.05, 3.63) is 41.5 Å². The van der Waals surface area contributed by atoms with Crippen molar-refractivity contribution in [2.24, 2.45) is 0 Å². The largest absolute Gasteiger partial charge is 0.508 e. The third-order valence-electron chi connectivity index (χ3n) is 2.83. The van der Waals surface area contributed by atoms with Crippen molar-refractivity contribution in [3.8, 4) is 28.4 Å². The highest BCUT2D eigenvalue weighted by Gasteiger charge is 2.13. The Kier molecular flexibility index (Phi) is 2.68. The molecule has 0 bridgehead atoms. The highest BCUT2D eigenvalue weighted by molar-refractivity contribution is 5.79. The molecule has 0 atom stereocenters. The van der Waals surface area contributed by atoms with E-state index < -0.39 is 0 Å². The summed E-state index contributed by atoms with van der Waals surface area (Å²) in [5.74, 6) is 0.262. The maximum absolute atomic E-state index is 9.81. The third kappa shape index (κ3) is 1.91. The molecule has 0 spiro atoms. The van der Waals surface area contributed by atoms with Gasteiger partial charge in [0.05, 0.1) is 5.56 Å². The van der Waals surface area contributed by atoms with Gasteiger partial charge in [-0.05, 0) is 54.8 Å². The zero-order valence-electron chi connectivity index (χ0n) is 9.73. The topological polar surface area (TPSA) is 60.7 Å². The first-order valence-corrected chi connectivity index (χ1v) is 5.32. The van der Waals surface area contributed by atoms with Gasteiger partial charge in [-0.15, -0.1) is 0 Å². The van der Waals surface area contributed by atoms with E-state index >= 15 is 0 Å². The van der Waals surface area contributed by atoms with E-state index in [0.717, 1.165) is 11.1 Å². The molecule has 2 rings (SSSR count). The number of aryl methyl sites for hydroxylation is 2. The predicted molar refractivity (Wildman–Crippen MR) is 66.3 cm³/mol. The molecule has 88 valence electrons. The molecule has 0 aromatic heterocycles. The fourth-order valence-corrected chi connectivity index (χ4v) is 1.87. The smallest absolute Gasteiger partial charge is 0.127 e. The highest BCUT2D eigenvalue weighted by atomic mass is 16.3. The number of rotatable bonds is 1. The van der Waals surface area contributed by atoms with Gasteiger partial charge in [-0.2, -0.15) is 0 Å². The van der Waals surface area contributed by atoms with Gasteiger partial charge in [-0.1, -0.05) is 6.07 Å². The Morgan fingerprint density at radius 2 is 1.35 bits per heavy atom. The number of phenolic OH excluding ortho intramolecular Hbond substituents is 3. The van der Waals surface area contributed by atoms with Crippen molar-refractivity contribution in [1.29, 1.82) is 0 Å². The van der Waals surface area contributed by atoms with E-state index in [2.05, 4.69) is 0 Å². The number of aromatic hydroxyl groups is 3. The molecule has 17 heavy (non-hydrogen) atoms. The van der Waals surface area contributed by atoms with E-state index in [-0.39, 0.29) is 17.2 Å². The van der Waals surface area contributed by atoms with Crippen molar-refractivity contribution >= 4 is 0 Å². The van der Waals surface area contributed by atoms with E-state index in [1.165, 1.54) is 12.1 Å². The molecule has 3 heteroatoms. The molecule has 2 aromatic rings. The van der Waals surface area contributed by atoms with Crippen LogP contribution in [0, 0.1) is 13.8 Å². The minimum atomic E-state index is 0.0261. The van der Waals surface area contributed by atoms with E-state index in [4.69, 9.17) is 0 Å². The second-order valence-corrected chi connectivity index (χ2v) is 4.12. The molecule has 0 heterocycles. The maximum atomic E-state index is 9.81. The van der Waals surface area contributed by atoms with E-state index in [1.54, 1.807) is 25.1 Å². The van der Waals surface area contributed by atoms with Crippen molar-refractivity contribution in [3.63, 3.8) is 0 Å². The molecule has 0 aliphatic rings. The van der Waals surface area contributed by atoms with Gasteiger partial charge in [-0.3, -0.25) is 0 Å². The molecule has 0 saturated carbocycles. The minimum Gasteiger partial charge on any atom is -0.508 e. The summed E-state index contributed by atoms with van der Waals surface area (Å²) in [7, 11) is 0. The van der Waals surface area contributed by atoms with Crippen molar-refractivity contribution in [2.75, 3.05) is 0 Å². The summed E-state index contributed by atoms with van der Waals surface area (Å²) in [6, 6.07) is 8.00. The van der Waals surface area contributed by atoms with Gasteiger partial charge in [0.25, 0.3) is 0 Å². The van der Waals surface area contributed by atoms with Crippen LogP contribution in [0.3, 0.4) is 0 Å². The normalized spacial score (nSPS) is 10.5. The van der Waals surface area contributed by atoms with Gasteiger partial charge in [0.1, 0.15) is 17.2 Å². The monoisotopic (exact) mass is 230 g/mol. The Bertz CT molecular complexity index is 554. The lowest BCUT2D eigenvalue weighted by Crippen LogP contribution is -1.87. The molecule has 0 aliphatic carbocycles. The predicted octanol–water partition coefficient (Wildman–Crippen LogP) is 3.09. The summed E-state index contributed by atoms with van der Waals surface area (Å²) in [6.45, 7) is 3.59. The third-order valence-corrected chi connectivity index (χ3v) is 2.83. The molecule has 0 radical (unpaired) electrons. The second-order valence-electron chi connectivity index (χ2n) is 4.12. The average molecular weight is 230 g/mol. The average Bonchev–Trinajstić information content (AvgIpc) is 2.25. The number of phenols is 3. The molecule has 2 aromatic carbocycles. The summed E-state index contributed by atoms with van der Waals surface area (Å²) in [5, 5.41) is 29.2. The summed E-state index contributed by atoms with van der Waals surface area (Å²) in [4.78, 5) is 0. The van der Waals surface area contributed by atoms with E-state index in [1.807, 2.05) is 6.92 Å². The molecule has 0 fully saturated rings. The van der Waals surface area contributed by atoms with Crippen LogP contribution in [-0.2, 0) is 0 Å². The molecule has 0 amide bonds. The quantitative estimate of drug-likeness (QED) is 0.705. The lowest BCUT2D eigenvalue weighted by Gasteiger charge is -2.12. The van der Waals surface area contributed by atoms with Gasteiger partial charge >= 0.3 is 0 Å². The van der Waals surface area contributed by atoms with Crippen LogP contribution in [0.2, 0.25) is 0 Å². The van der Waals surface area contributed by atoms with Gasteiger partial charge in [0, 0.05) is 0 Å². The summed E-state index contributed by atoms with van der Waals surface area (Å²) < 4.78 is 0. The van der Waals surface area contributed by atoms with Crippen molar-refractivity contribution < 1.29 is 15.3 Å². The molecule has 3 N–H and O–H groups in total. The Morgan fingerprint density at radius 1 is 0.765 bits per heavy atom. The highest BCUT2D eigenvalue weighted by Crippen LogP contribution is 2.40. The molecule has 0 unspecified atom stereocenters. The summed E-state index contributed by atoms with van der Waals surface area (Å²) in [5.41, 5.74) is 2.61. The zero-order chi connectivity index (χ0) is 12.6. The van der Waals surface area contributed by atoms with Crippen molar-refractivity contribution in [2.45, 2.75) is 13.8 Å². The number of benzene rings is 2. The standard InChI is InChI=1S/C14H14O3/c1-8-7-13(17)9(2)6-10(8)14-11(15)4-3-5-12(14)16/h3-7,15-17H,1-2H3. The van der Waals surface area contributed by atoms with E-state index in [9.17, 15) is 15.3 Å². The van der Waals surface area contributed by atoms with Crippen LogP contribution in [0.1, 0.15) is 11.1 Å². The van der Waals surface area contributed by atoms with Crippen LogP contribution < -0.4 is 0 Å². The van der Waals surface area contributed by atoms with Crippen LogP contribution in [-0.4, -0.2) is 15.3 Å². The Balaban J connectivity index is 2.73. The van der Waals surface area contributed by atoms with Crippen LogP contribution in [0.25, 0.3) is 11.1 Å². The first-order chi connectivity index (χ1) is 8.00. The van der Waals surface area contributed by atoms with Crippen LogP contribution in [0.5, 0.6) is 17.2 Å². The fourth-order valence-electron chi connectivity index (χ4n) is 1.87. The minimum absolute atomic E-state index is 0.0261. The second kappa shape index (κ2) is 4.01. The summed E-state index contributed by atoms with van der Waals surface area (Å²) in [6.07, 6.45) is 0. The lowest BCUT2D eigenvalue weighted by atomic mass is 9.96. The van der Waals surface area contributed by atoms with Crippen LogP contribution >= 0.6 is 0 Å². The van der Waals surface area contributed by atoms with Gasteiger partial charge < -0.3 is 15.3 Å². The lowest BCUT2D eigenvalue weighted by molar-refractivity contribution is 0.453. The Hall–Kier alpha value is -2.16. The first-order valence-electron chi connectivity index (χ1n) is 5.32. The molecular weight excluding hydrogens is 216 g/mol. The molecule has 0 saturated heterocycles. The van der Waals surface area contributed by atoms with Crippen LogP contribution in [0.4, 0.5) is 0 Å². The Labute approximate surface area is 99.6 Å². The fraction of sp³-hybridized carbons (Fsp3) is 0.143. The number of hydrogen-bond acceptors (Lipinski definition) is 3. The molecular formula is C14H14O3. The number of hydrogen-bond donors (Lipinski definition) is 3. The van der Waals surface area contributed by atoms with Gasteiger partial charge in [-0.25, -0.2) is 0 Å². The van der Waals surface area contributed by atoms with Gasteiger partial charge in [0.15, 0.2) is 0 Å². The zero-order valence-corrected chi connectivity index (χ0v) is 9.73. The van der Waals surface area contributed by atoms with Crippen molar-refractivity contribution in [1.82, 2.24) is 0 Å². The summed E-state index contributed by atoms with van der Waals surface area (Å²) >= 11 is 0. The molecule has 3 nitrogen and oxygen atoms in total. The Morgan fingerprint density at radius 3 is 1.94 bits per heavy atom. The van der Waals surface area contributed by atoms with Crippen LogP contribution in [0.15, 0.2) is 30.3 Å². The molecule has 0 aliphatic heterocycles. The maximum Gasteiger partial charge on any atom is 0.127 e. The first kappa shape index (κ1) is 11.3. The van der Waals surface area contributed by atoms with Gasteiger partial charge in [0.2, 0.25) is 0 Å². The van der Waals surface area contributed by atoms with E-state index in [0.29, 0.717) is 11.1 Å².